The van der Waals surface area contributed by atoms with Crippen LogP contribution in [0.5, 0.6) is 0 Å². The molecule has 0 bridgehead atoms. The van der Waals surface area contributed by atoms with Gasteiger partial charge in [0, 0.05) is 12.2 Å². The molecule has 1 aromatic heterocycles. The van der Waals surface area contributed by atoms with E-state index in [1.807, 2.05) is 12.4 Å². The molecule has 2 saturated carbocycles. The quantitative estimate of drug-likeness (QED) is 0.738. The minimum Gasteiger partial charge on any atom is -0.379 e. The Bertz CT molecular complexity index is 260. The van der Waals surface area contributed by atoms with Crippen molar-refractivity contribution < 1.29 is 0 Å². The molecule has 0 amide bonds. The third-order valence-corrected chi connectivity index (χ3v) is 3.09. The van der Waals surface area contributed by atoms with Crippen LogP contribution in [0.4, 0.5) is 5.69 Å². The zero-order valence-electron chi connectivity index (χ0n) is 7.66. The number of H-pyrrole nitrogens is 1. The van der Waals surface area contributed by atoms with Gasteiger partial charge in [0.05, 0.1) is 11.9 Å². The van der Waals surface area contributed by atoms with Crippen molar-refractivity contribution >= 4 is 5.69 Å². The number of nitrogens with zero attached hydrogens (tertiary/aromatic N) is 1. The van der Waals surface area contributed by atoms with E-state index in [1.165, 1.54) is 25.7 Å². The van der Waals surface area contributed by atoms with Gasteiger partial charge in [-0.05, 0) is 37.5 Å². The molecule has 3 heteroatoms. The van der Waals surface area contributed by atoms with Gasteiger partial charge in [-0.1, -0.05) is 0 Å². The molecule has 2 aliphatic carbocycles. The summed E-state index contributed by atoms with van der Waals surface area (Å²) in [6.07, 6.45) is 9.51. The summed E-state index contributed by atoms with van der Waals surface area (Å²) < 4.78 is 0. The summed E-state index contributed by atoms with van der Waals surface area (Å²) in [5.41, 5.74) is 1.16. The number of rotatable bonds is 4. The van der Waals surface area contributed by atoms with E-state index in [4.69, 9.17) is 0 Å². The van der Waals surface area contributed by atoms with Crippen LogP contribution in [-0.4, -0.2) is 16.2 Å². The molecule has 0 aliphatic heterocycles. The highest BCUT2D eigenvalue weighted by atomic mass is 15.1. The SMILES string of the molecule is c1n[nH]cc1NC(C1CC1)C1CC1. The lowest BCUT2D eigenvalue weighted by atomic mass is 10.1. The van der Waals surface area contributed by atoms with Gasteiger partial charge < -0.3 is 5.32 Å². The molecule has 1 aromatic rings. The van der Waals surface area contributed by atoms with Crippen molar-refractivity contribution in [2.45, 2.75) is 31.7 Å². The fourth-order valence-electron chi connectivity index (χ4n) is 2.05. The molecule has 3 rings (SSSR count). The smallest absolute Gasteiger partial charge is 0.0726 e. The molecule has 3 nitrogen and oxygen atoms in total. The summed E-state index contributed by atoms with van der Waals surface area (Å²) in [4.78, 5) is 0. The van der Waals surface area contributed by atoms with Gasteiger partial charge >= 0.3 is 0 Å². The van der Waals surface area contributed by atoms with E-state index >= 15 is 0 Å². The Morgan fingerprint density at radius 1 is 1.31 bits per heavy atom. The Hall–Kier alpha value is -0.990. The predicted molar refractivity (Wildman–Crippen MR) is 51.4 cm³/mol. The van der Waals surface area contributed by atoms with Gasteiger partial charge in [0.2, 0.25) is 0 Å². The minimum atomic E-state index is 0.734. The number of hydrogen-bond acceptors (Lipinski definition) is 2. The molecular formula is C10H15N3. The summed E-state index contributed by atoms with van der Waals surface area (Å²) in [5.74, 6) is 1.89. The van der Waals surface area contributed by atoms with Gasteiger partial charge in [0.25, 0.3) is 0 Å². The second-order valence-corrected chi connectivity index (χ2v) is 4.33. The molecule has 0 unspecified atom stereocenters. The van der Waals surface area contributed by atoms with Crippen molar-refractivity contribution in [1.82, 2.24) is 10.2 Å². The Labute approximate surface area is 77.9 Å². The lowest BCUT2D eigenvalue weighted by Gasteiger charge is -2.17. The summed E-state index contributed by atoms with van der Waals surface area (Å²) in [6, 6.07) is 0.734. The summed E-state index contributed by atoms with van der Waals surface area (Å²) >= 11 is 0. The van der Waals surface area contributed by atoms with E-state index in [1.54, 1.807) is 0 Å². The summed E-state index contributed by atoms with van der Waals surface area (Å²) in [5, 5.41) is 10.4. The van der Waals surface area contributed by atoms with Gasteiger partial charge in [0.1, 0.15) is 0 Å². The molecular weight excluding hydrogens is 162 g/mol. The van der Waals surface area contributed by atoms with Crippen LogP contribution < -0.4 is 5.32 Å². The number of hydrogen-bond donors (Lipinski definition) is 2. The molecule has 0 radical (unpaired) electrons. The third kappa shape index (κ3) is 1.55. The normalized spacial score (nSPS) is 22.2. The largest absolute Gasteiger partial charge is 0.379 e. The first kappa shape index (κ1) is 7.42. The van der Waals surface area contributed by atoms with Gasteiger partial charge in [0.15, 0.2) is 0 Å². The van der Waals surface area contributed by atoms with E-state index in [-0.39, 0.29) is 0 Å². The fraction of sp³-hybridized carbons (Fsp3) is 0.700. The van der Waals surface area contributed by atoms with E-state index in [9.17, 15) is 0 Å². The van der Waals surface area contributed by atoms with Gasteiger partial charge in [-0.3, -0.25) is 5.10 Å². The molecule has 70 valence electrons. The maximum absolute atomic E-state index is 3.95. The van der Waals surface area contributed by atoms with Crippen LogP contribution >= 0.6 is 0 Å². The number of aromatic amines is 1. The molecule has 0 spiro atoms. The zero-order valence-corrected chi connectivity index (χ0v) is 7.66. The molecule has 2 aliphatic rings. The number of anilines is 1. The Kier molecular flexibility index (Phi) is 1.57. The van der Waals surface area contributed by atoms with Crippen LogP contribution in [-0.2, 0) is 0 Å². The van der Waals surface area contributed by atoms with Crippen molar-refractivity contribution in [3.8, 4) is 0 Å². The monoisotopic (exact) mass is 177 g/mol. The minimum absolute atomic E-state index is 0.734. The van der Waals surface area contributed by atoms with E-state index in [2.05, 4.69) is 15.5 Å². The second kappa shape index (κ2) is 2.76. The van der Waals surface area contributed by atoms with Crippen LogP contribution in [0.2, 0.25) is 0 Å². The van der Waals surface area contributed by atoms with E-state index < -0.39 is 0 Å². The zero-order chi connectivity index (χ0) is 8.67. The van der Waals surface area contributed by atoms with Crippen LogP contribution in [0.25, 0.3) is 0 Å². The fourth-order valence-corrected chi connectivity index (χ4v) is 2.05. The van der Waals surface area contributed by atoms with Crippen LogP contribution in [0.15, 0.2) is 12.4 Å². The first-order chi connectivity index (χ1) is 6.43. The maximum atomic E-state index is 3.95. The molecule has 1 heterocycles. The van der Waals surface area contributed by atoms with Crippen molar-refractivity contribution in [3.05, 3.63) is 12.4 Å². The van der Waals surface area contributed by atoms with Crippen LogP contribution in [0.3, 0.4) is 0 Å². The van der Waals surface area contributed by atoms with Gasteiger partial charge in [-0.15, -0.1) is 0 Å². The molecule has 0 aromatic carbocycles. The van der Waals surface area contributed by atoms with Gasteiger partial charge in [-0.25, -0.2) is 0 Å². The Morgan fingerprint density at radius 2 is 2.00 bits per heavy atom. The molecule has 2 N–H and O–H groups in total. The first-order valence-electron chi connectivity index (χ1n) is 5.19. The predicted octanol–water partition coefficient (Wildman–Crippen LogP) is 2.01. The highest BCUT2D eigenvalue weighted by Crippen LogP contribution is 2.45. The first-order valence-corrected chi connectivity index (χ1v) is 5.19. The van der Waals surface area contributed by atoms with Crippen molar-refractivity contribution in [3.63, 3.8) is 0 Å². The lowest BCUT2D eigenvalue weighted by molar-refractivity contribution is 0.568. The van der Waals surface area contributed by atoms with Gasteiger partial charge in [-0.2, -0.15) is 5.10 Å². The topological polar surface area (TPSA) is 40.7 Å². The third-order valence-electron chi connectivity index (χ3n) is 3.09. The highest BCUT2D eigenvalue weighted by Gasteiger charge is 2.41. The van der Waals surface area contributed by atoms with Crippen molar-refractivity contribution in [2.75, 3.05) is 5.32 Å². The maximum Gasteiger partial charge on any atom is 0.0726 e. The van der Waals surface area contributed by atoms with E-state index in [0.29, 0.717) is 0 Å². The molecule has 0 saturated heterocycles. The molecule has 13 heavy (non-hydrogen) atoms. The van der Waals surface area contributed by atoms with Crippen LogP contribution in [0.1, 0.15) is 25.7 Å². The average molecular weight is 177 g/mol. The van der Waals surface area contributed by atoms with E-state index in [0.717, 1.165) is 23.6 Å². The summed E-state index contributed by atoms with van der Waals surface area (Å²) in [6.45, 7) is 0. The Morgan fingerprint density at radius 3 is 2.46 bits per heavy atom. The Balaban J connectivity index is 1.67. The average Bonchev–Trinajstić information content (AvgIpc) is 3.04. The van der Waals surface area contributed by atoms with Crippen LogP contribution in [0, 0.1) is 11.8 Å². The second-order valence-electron chi connectivity index (χ2n) is 4.33. The summed E-state index contributed by atoms with van der Waals surface area (Å²) in [7, 11) is 0. The highest BCUT2D eigenvalue weighted by molar-refractivity contribution is 5.40. The van der Waals surface area contributed by atoms with Crippen molar-refractivity contribution in [1.29, 1.82) is 0 Å². The molecule has 2 fully saturated rings. The lowest BCUT2D eigenvalue weighted by Crippen LogP contribution is -2.23. The number of nitrogens with one attached hydrogen (secondary N) is 2. The van der Waals surface area contributed by atoms with Crippen molar-refractivity contribution in [2.24, 2.45) is 11.8 Å². The standard InChI is InChI=1S/C10H15N3/c1-2-7(1)10(8-3-4-8)13-9-5-11-12-6-9/h5-8,10,13H,1-4H2,(H,11,12). The molecule has 0 atom stereocenters. The number of aromatic nitrogens is 2.